The zero-order chi connectivity index (χ0) is 21.8. The summed E-state index contributed by atoms with van der Waals surface area (Å²) in [6.07, 6.45) is 6.26. The minimum atomic E-state index is -0.482. The number of anilines is 1. The highest BCUT2D eigenvalue weighted by Crippen LogP contribution is 2.30. The number of carbonyl (C=O) groups is 1. The highest BCUT2D eigenvalue weighted by atomic mass is 32.1. The molecule has 0 fully saturated rings. The maximum Gasteiger partial charge on any atom is 0.269 e. The highest BCUT2D eigenvalue weighted by Gasteiger charge is 2.19. The second-order valence-electron chi connectivity index (χ2n) is 6.58. The number of amides is 1. The Morgan fingerprint density at radius 3 is 2.71 bits per heavy atom. The molecule has 154 valence electrons. The number of non-ortho nitro benzene ring substituents is 1. The van der Waals surface area contributed by atoms with E-state index in [4.69, 9.17) is 0 Å². The first kappa shape index (κ1) is 20.3. The minimum Gasteiger partial charge on any atom is -0.280 e. The zero-order valence-corrected chi connectivity index (χ0v) is 16.8. The summed E-state index contributed by atoms with van der Waals surface area (Å²) in [7, 11) is 0. The summed E-state index contributed by atoms with van der Waals surface area (Å²) < 4.78 is 14.2. The predicted octanol–water partition coefficient (Wildman–Crippen LogP) is 4.99. The molecule has 0 N–H and O–H groups in total. The first-order valence-electron chi connectivity index (χ1n) is 9.18. The van der Waals surface area contributed by atoms with E-state index in [2.05, 4.69) is 9.97 Å². The van der Waals surface area contributed by atoms with Crippen LogP contribution < -0.4 is 4.90 Å². The molecule has 1 amide bonds. The quantitative estimate of drug-likeness (QED) is 0.242. The van der Waals surface area contributed by atoms with Crippen LogP contribution in [0.4, 0.5) is 15.2 Å². The number of carbonyl (C=O) groups excluding carboxylic acids is 1. The zero-order valence-electron chi connectivity index (χ0n) is 16.0. The third kappa shape index (κ3) is 4.78. The monoisotopic (exact) mass is 434 g/mol. The number of benzene rings is 2. The Morgan fingerprint density at radius 2 is 2.00 bits per heavy atom. The molecular formula is C22H15FN4O3S. The molecule has 31 heavy (non-hydrogen) atoms. The van der Waals surface area contributed by atoms with Crippen molar-refractivity contribution in [3.05, 3.63) is 100 Å². The topological polar surface area (TPSA) is 89.2 Å². The number of nitro groups is 1. The van der Waals surface area contributed by atoms with Crippen LogP contribution in [0.2, 0.25) is 0 Å². The number of fused-ring (bicyclic) bond motifs is 1. The van der Waals surface area contributed by atoms with E-state index in [-0.39, 0.29) is 24.0 Å². The van der Waals surface area contributed by atoms with E-state index < -0.39 is 4.92 Å². The average Bonchev–Trinajstić information content (AvgIpc) is 3.19. The Balaban J connectivity index is 1.64. The molecule has 2 heterocycles. The summed E-state index contributed by atoms with van der Waals surface area (Å²) >= 11 is 1.22. The van der Waals surface area contributed by atoms with Gasteiger partial charge in [-0.05, 0) is 53.6 Å². The molecule has 0 spiro atoms. The molecule has 0 aliphatic rings. The van der Waals surface area contributed by atoms with Gasteiger partial charge >= 0.3 is 0 Å². The van der Waals surface area contributed by atoms with Crippen LogP contribution in [0.5, 0.6) is 0 Å². The van der Waals surface area contributed by atoms with Gasteiger partial charge in [0.15, 0.2) is 5.13 Å². The van der Waals surface area contributed by atoms with Gasteiger partial charge in [-0.15, -0.1) is 0 Å². The summed E-state index contributed by atoms with van der Waals surface area (Å²) in [6, 6.07) is 13.8. The number of pyridine rings is 1. The molecule has 4 aromatic rings. The number of nitro benzene ring substituents is 1. The number of hydrogen-bond donors (Lipinski definition) is 0. The van der Waals surface area contributed by atoms with Gasteiger partial charge in [0, 0.05) is 30.6 Å². The average molecular weight is 434 g/mol. The molecule has 4 rings (SSSR count). The Kier molecular flexibility index (Phi) is 5.76. The van der Waals surface area contributed by atoms with E-state index in [0.29, 0.717) is 20.9 Å². The van der Waals surface area contributed by atoms with Gasteiger partial charge in [-0.25, -0.2) is 9.37 Å². The van der Waals surface area contributed by atoms with Crippen LogP contribution in [0.1, 0.15) is 11.1 Å². The van der Waals surface area contributed by atoms with Gasteiger partial charge in [-0.1, -0.05) is 17.4 Å². The molecule has 0 radical (unpaired) electrons. The molecule has 0 aliphatic heterocycles. The fourth-order valence-corrected chi connectivity index (χ4v) is 3.88. The molecule has 0 atom stereocenters. The molecule has 0 bridgehead atoms. The molecule has 0 saturated carbocycles. The van der Waals surface area contributed by atoms with Crippen LogP contribution in [0.3, 0.4) is 0 Å². The lowest BCUT2D eigenvalue weighted by molar-refractivity contribution is -0.384. The first-order valence-corrected chi connectivity index (χ1v) is 10.0. The van der Waals surface area contributed by atoms with Crippen molar-refractivity contribution < 1.29 is 14.1 Å². The number of rotatable bonds is 6. The van der Waals surface area contributed by atoms with E-state index in [1.54, 1.807) is 42.7 Å². The van der Waals surface area contributed by atoms with Crippen LogP contribution in [0.15, 0.2) is 73.1 Å². The number of aromatic nitrogens is 2. The Morgan fingerprint density at radius 1 is 1.19 bits per heavy atom. The summed E-state index contributed by atoms with van der Waals surface area (Å²) in [4.78, 5) is 33.4. The van der Waals surface area contributed by atoms with Crippen molar-refractivity contribution in [2.24, 2.45) is 0 Å². The maximum atomic E-state index is 13.6. The minimum absolute atomic E-state index is 0.0246. The summed E-state index contributed by atoms with van der Waals surface area (Å²) in [5.41, 5.74) is 2.03. The first-order chi connectivity index (χ1) is 15.0. The summed E-state index contributed by atoms with van der Waals surface area (Å²) in [6.45, 7) is 0.236. The van der Waals surface area contributed by atoms with E-state index in [9.17, 15) is 19.3 Å². The predicted molar refractivity (Wildman–Crippen MR) is 117 cm³/mol. The van der Waals surface area contributed by atoms with E-state index >= 15 is 0 Å². The second kappa shape index (κ2) is 8.80. The molecule has 2 aromatic carbocycles. The number of thiazole rings is 1. The van der Waals surface area contributed by atoms with Crippen molar-refractivity contribution in [2.75, 3.05) is 4.90 Å². The fraction of sp³-hybridized carbons (Fsp3) is 0.0455. The van der Waals surface area contributed by atoms with Gasteiger partial charge in [-0.2, -0.15) is 0 Å². The lowest BCUT2D eigenvalue weighted by atomic mass is 10.2. The molecular weight excluding hydrogens is 419 g/mol. The van der Waals surface area contributed by atoms with E-state index in [1.165, 1.54) is 46.6 Å². The van der Waals surface area contributed by atoms with Gasteiger partial charge in [0.1, 0.15) is 5.82 Å². The van der Waals surface area contributed by atoms with Crippen LogP contribution >= 0.6 is 11.3 Å². The third-order valence-electron chi connectivity index (χ3n) is 4.42. The molecule has 2 aromatic heterocycles. The van der Waals surface area contributed by atoms with Gasteiger partial charge in [-0.3, -0.25) is 24.8 Å². The normalized spacial score (nSPS) is 11.1. The maximum absolute atomic E-state index is 13.6. The largest absolute Gasteiger partial charge is 0.280 e. The number of hydrogen-bond acceptors (Lipinski definition) is 6. The second-order valence-corrected chi connectivity index (χ2v) is 7.59. The van der Waals surface area contributed by atoms with Crippen LogP contribution in [-0.2, 0) is 11.3 Å². The van der Waals surface area contributed by atoms with Gasteiger partial charge in [0.25, 0.3) is 11.6 Å². The van der Waals surface area contributed by atoms with Crippen molar-refractivity contribution in [1.29, 1.82) is 0 Å². The molecule has 0 unspecified atom stereocenters. The Bertz CT molecular complexity index is 1270. The number of halogens is 1. The third-order valence-corrected chi connectivity index (χ3v) is 5.46. The smallest absolute Gasteiger partial charge is 0.269 e. The van der Waals surface area contributed by atoms with Gasteiger partial charge in [0.2, 0.25) is 0 Å². The van der Waals surface area contributed by atoms with Crippen molar-refractivity contribution in [3.63, 3.8) is 0 Å². The Hall–Kier alpha value is -3.98. The van der Waals surface area contributed by atoms with Crippen molar-refractivity contribution in [2.45, 2.75) is 6.54 Å². The molecule has 9 heteroatoms. The fourth-order valence-electron chi connectivity index (χ4n) is 2.88. The standard InChI is InChI=1S/C22H15FN4O3S/c23-17-6-9-19-20(12-17)31-22(25-19)26(14-16-2-1-11-24-13-16)21(28)10-5-15-3-7-18(8-4-15)27(29)30/h1-13H,14H2/b10-5+. The van der Waals surface area contributed by atoms with Crippen LogP contribution in [-0.4, -0.2) is 20.8 Å². The molecule has 7 nitrogen and oxygen atoms in total. The van der Waals surface area contributed by atoms with Crippen LogP contribution in [0, 0.1) is 15.9 Å². The van der Waals surface area contributed by atoms with E-state index in [1.807, 2.05) is 6.07 Å². The SMILES string of the molecule is O=C(/C=C/c1ccc([N+](=O)[O-])cc1)N(Cc1cccnc1)c1nc2ccc(F)cc2s1. The highest BCUT2D eigenvalue weighted by molar-refractivity contribution is 7.22. The lowest BCUT2D eigenvalue weighted by Crippen LogP contribution is -2.28. The lowest BCUT2D eigenvalue weighted by Gasteiger charge is -2.18. The van der Waals surface area contributed by atoms with E-state index in [0.717, 1.165) is 5.56 Å². The summed E-state index contributed by atoms with van der Waals surface area (Å²) in [5.74, 6) is -0.701. The van der Waals surface area contributed by atoms with Crippen molar-refractivity contribution in [3.8, 4) is 0 Å². The van der Waals surface area contributed by atoms with Crippen molar-refractivity contribution >= 4 is 44.4 Å². The molecule has 0 saturated heterocycles. The molecule has 0 aliphatic carbocycles. The number of nitrogens with zero attached hydrogens (tertiary/aromatic N) is 4. The van der Waals surface area contributed by atoms with Crippen LogP contribution in [0.25, 0.3) is 16.3 Å². The Labute approximate surface area is 180 Å². The van der Waals surface area contributed by atoms with Gasteiger partial charge < -0.3 is 0 Å². The summed E-state index contributed by atoms with van der Waals surface area (Å²) in [5, 5.41) is 11.2. The van der Waals surface area contributed by atoms with Gasteiger partial charge in [0.05, 0.1) is 21.7 Å². The van der Waals surface area contributed by atoms with Crippen molar-refractivity contribution in [1.82, 2.24) is 9.97 Å².